The number of pyridine rings is 2. The molecule has 152 valence electrons. The zero-order valence-electron chi connectivity index (χ0n) is 17.3. The van der Waals surface area contributed by atoms with Crippen LogP contribution in [-0.2, 0) is 0 Å². The summed E-state index contributed by atoms with van der Waals surface area (Å²) in [5, 5.41) is 22.7. The van der Waals surface area contributed by atoms with E-state index in [-0.39, 0.29) is 0 Å². The van der Waals surface area contributed by atoms with Crippen LogP contribution in [0.5, 0.6) is 0 Å². The topological polar surface area (TPSA) is 86.5 Å². The molecule has 6 rings (SSSR count). The summed E-state index contributed by atoms with van der Waals surface area (Å²) in [6.45, 7) is 0. The Labute approximate surface area is 188 Å². The summed E-state index contributed by atoms with van der Waals surface area (Å²) in [5.41, 5.74) is 6.18. The van der Waals surface area contributed by atoms with Crippen LogP contribution in [0.15, 0.2) is 89.9 Å². The van der Waals surface area contributed by atoms with Gasteiger partial charge in [0.1, 0.15) is 23.3 Å². The highest BCUT2D eigenvalue weighted by atomic mass is 16.3. The van der Waals surface area contributed by atoms with E-state index in [4.69, 9.17) is 4.42 Å². The highest BCUT2D eigenvalue weighted by Crippen LogP contribution is 2.40. The fourth-order valence-electron chi connectivity index (χ4n) is 4.37. The van der Waals surface area contributed by atoms with Crippen molar-refractivity contribution in [3.63, 3.8) is 0 Å². The summed E-state index contributed by atoms with van der Waals surface area (Å²) < 4.78 is 6.33. The second-order valence-corrected chi connectivity index (χ2v) is 7.80. The van der Waals surface area contributed by atoms with Gasteiger partial charge in [0.05, 0.1) is 11.1 Å². The lowest BCUT2D eigenvalue weighted by atomic mass is 9.95. The molecule has 0 unspecified atom stereocenters. The van der Waals surface area contributed by atoms with Crippen molar-refractivity contribution in [1.29, 1.82) is 10.5 Å². The van der Waals surface area contributed by atoms with Crippen LogP contribution in [0.2, 0.25) is 0 Å². The number of furan rings is 1. The lowest BCUT2D eigenvalue weighted by molar-refractivity contribution is 0.669. The van der Waals surface area contributed by atoms with Crippen molar-refractivity contribution in [1.82, 2.24) is 9.97 Å². The Kier molecular flexibility index (Phi) is 4.15. The maximum absolute atomic E-state index is 9.31. The van der Waals surface area contributed by atoms with Crippen LogP contribution in [0, 0.1) is 22.7 Å². The fraction of sp³-hybridized carbons (Fsp3) is 0. The molecular formula is C28H14N4O. The molecule has 0 aliphatic carbocycles. The Balaban J connectivity index is 1.63. The standard InChI is InChI=1S/C28H14N4O/c29-11-17-7-20(15-31-13-17)19-5-6-24-26(9-19)33-27-10-25(21-8-18(12-30)14-32-16-21)22-3-1-2-4-23(22)28(24)27/h1-10,13-16H. The number of hydrogen-bond donors (Lipinski definition) is 0. The van der Waals surface area contributed by atoms with Gasteiger partial charge in [-0.3, -0.25) is 9.97 Å². The quantitative estimate of drug-likeness (QED) is 0.313. The Morgan fingerprint density at radius 2 is 1.30 bits per heavy atom. The predicted molar refractivity (Wildman–Crippen MR) is 127 cm³/mol. The summed E-state index contributed by atoms with van der Waals surface area (Å²) in [7, 11) is 0. The van der Waals surface area contributed by atoms with Crippen molar-refractivity contribution in [3.8, 4) is 34.4 Å². The first-order valence-electron chi connectivity index (χ1n) is 10.3. The minimum absolute atomic E-state index is 0.513. The zero-order chi connectivity index (χ0) is 22.4. The van der Waals surface area contributed by atoms with E-state index in [0.717, 1.165) is 55.0 Å². The van der Waals surface area contributed by atoms with Gasteiger partial charge in [0.15, 0.2) is 0 Å². The summed E-state index contributed by atoms with van der Waals surface area (Å²) in [4.78, 5) is 8.41. The zero-order valence-corrected chi connectivity index (χ0v) is 17.3. The molecule has 6 aromatic rings. The second-order valence-electron chi connectivity index (χ2n) is 7.80. The van der Waals surface area contributed by atoms with E-state index in [2.05, 4.69) is 40.3 Å². The normalized spacial score (nSPS) is 11.0. The minimum atomic E-state index is 0.513. The van der Waals surface area contributed by atoms with Crippen molar-refractivity contribution in [2.45, 2.75) is 0 Å². The molecule has 0 spiro atoms. The Bertz CT molecular complexity index is 1800. The van der Waals surface area contributed by atoms with Crippen molar-refractivity contribution in [2.24, 2.45) is 0 Å². The third kappa shape index (κ3) is 3.00. The van der Waals surface area contributed by atoms with E-state index < -0.39 is 0 Å². The molecule has 5 heteroatoms. The van der Waals surface area contributed by atoms with Gasteiger partial charge in [0, 0.05) is 46.7 Å². The molecule has 0 atom stereocenters. The van der Waals surface area contributed by atoms with Crippen molar-refractivity contribution in [2.75, 3.05) is 0 Å². The number of aromatic nitrogens is 2. The van der Waals surface area contributed by atoms with Gasteiger partial charge in [0.2, 0.25) is 0 Å². The SMILES string of the molecule is N#Cc1cncc(-c2ccc3c(c2)oc2cc(-c4cncc(C#N)c4)c4ccccc4c23)c1. The monoisotopic (exact) mass is 422 g/mol. The van der Waals surface area contributed by atoms with Crippen LogP contribution >= 0.6 is 0 Å². The van der Waals surface area contributed by atoms with E-state index in [9.17, 15) is 10.5 Å². The number of nitrogens with zero attached hydrogens (tertiary/aromatic N) is 4. The van der Waals surface area contributed by atoms with Crippen molar-refractivity contribution in [3.05, 3.63) is 96.6 Å². The number of nitriles is 2. The number of hydrogen-bond acceptors (Lipinski definition) is 5. The van der Waals surface area contributed by atoms with Gasteiger partial charge in [-0.05, 0) is 52.2 Å². The van der Waals surface area contributed by atoms with Gasteiger partial charge in [0.25, 0.3) is 0 Å². The Morgan fingerprint density at radius 1 is 0.606 bits per heavy atom. The Morgan fingerprint density at radius 3 is 2.06 bits per heavy atom. The summed E-state index contributed by atoms with van der Waals surface area (Å²) in [6, 6.07) is 24.2. The highest BCUT2D eigenvalue weighted by Gasteiger charge is 2.16. The van der Waals surface area contributed by atoms with Crippen LogP contribution in [0.4, 0.5) is 0 Å². The van der Waals surface area contributed by atoms with Gasteiger partial charge >= 0.3 is 0 Å². The molecule has 0 aliphatic rings. The first-order valence-corrected chi connectivity index (χ1v) is 10.3. The molecule has 0 bridgehead atoms. The smallest absolute Gasteiger partial charge is 0.136 e. The molecule has 0 N–H and O–H groups in total. The van der Waals surface area contributed by atoms with Crippen molar-refractivity contribution < 1.29 is 4.42 Å². The van der Waals surface area contributed by atoms with Crippen molar-refractivity contribution >= 4 is 32.7 Å². The van der Waals surface area contributed by atoms with Crippen LogP contribution in [0.3, 0.4) is 0 Å². The van der Waals surface area contributed by atoms with Gasteiger partial charge in [-0.1, -0.05) is 30.3 Å². The third-order valence-corrected chi connectivity index (χ3v) is 5.86. The second kappa shape index (κ2) is 7.30. The molecule has 0 radical (unpaired) electrons. The highest BCUT2D eigenvalue weighted by molar-refractivity contribution is 6.22. The molecule has 0 fully saturated rings. The van der Waals surface area contributed by atoms with E-state index in [1.54, 1.807) is 24.8 Å². The van der Waals surface area contributed by atoms with Crippen LogP contribution in [0.1, 0.15) is 11.1 Å². The van der Waals surface area contributed by atoms with Gasteiger partial charge in [-0.15, -0.1) is 0 Å². The maximum atomic E-state index is 9.31. The van der Waals surface area contributed by atoms with Gasteiger partial charge in [-0.2, -0.15) is 10.5 Å². The molecule has 3 heterocycles. The third-order valence-electron chi connectivity index (χ3n) is 5.86. The number of rotatable bonds is 2. The van der Waals surface area contributed by atoms with E-state index in [1.165, 1.54) is 0 Å². The molecule has 33 heavy (non-hydrogen) atoms. The van der Waals surface area contributed by atoms with Gasteiger partial charge in [-0.25, -0.2) is 0 Å². The van der Waals surface area contributed by atoms with Crippen LogP contribution < -0.4 is 0 Å². The molecule has 0 amide bonds. The van der Waals surface area contributed by atoms with E-state index in [0.29, 0.717) is 11.1 Å². The Hall–Kier alpha value is -5.00. The average Bonchev–Trinajstić information content (AvgIpc) is 3.26. The molecule has 3 aromatic heterocycles. The summed E-state index contributed by atoms with van der Waals surface area (Å²) in [5.74, 6) is 0. The lowest BCUT2D eigenvalue weighted by Gasteiger charge is -2.08. The van der Waals surface area contributed by atoms with Gasteiger partial charge < -0.3 is 4.42 Å². The lowest BCUT2D eigenvalue weighted by Crippen LogP contribution is -1.86. The number of fused-ring (bicyclic) bond motifs is 5. The molecule has 3 aromatic carbocycles. The van der Waals surface area contributed by atoms with E-state index >= 15 is 0 Å². The molecule has 0 saturated carbocycles. The summed E-state index contributed by atoms with van der Waals surface area (Å²) >= 11 is 0. The molecular weight excluding hydrogens is 408 g/mol. The largest absolute Gasteiger partial charge is 0.456 e. The van der Waals surface area contributed by atoms with Crippen LogP contribution in [0.25, 0.3) is 55.0 Å². The summed E-state index contributed by atoms with van der Waals surface area (Å²) in [6.07, 6.45) is 6.62. The molecule has 0 saturated heterocycles. The van der Waals surface area contributed by atoms with E-state index in [1.807, 2.05) is 42.5 Å². The molecule has 0 aliphatic heterocycles. The molecule has 5 nitrogen and oxygen atoms in total. The average molecular weight is 422 g/mol. The fourth-order valence-corrected chi connectivity index (χ4v) is 4.37. The van der Waals surface area contributed by atoms with Crippen LogP contribution in [-0.4, -0.2) is 9.97 Å². The number of benzene rings is 3. The maximum Gasteiger partial charge on any atom is 0.136 e. The minimum Gasteiger partial charge on any atom is -0.456 e. The first-order chi connectivity index (χ1) is 16.2. The first kappa shape index (κ1) is 18.7. The predicted octanol–water partition coefficient (Wildman–Crippen LogP) is 6.61.